The fourth-order valence-corrected chi connectivity index (χ4v) is 5.07. The van der Waals surface area contributed by atoms with Crippen molar-refractivity contribution in [3.8, 4) is 0 Å². The van der Waals surface area contributed by atoms with Crippen LogP contribution in [0.5, 0.6) is 0 Å². The summed E-state index contributed by atoms with van der Waals surface area (Å²) in [5.41, 5.74) is 2.20. The third kappa shape index (κ3) is 4.97. The summed E-state index contributed by atoms with van der Waals surface area (Å²) in [7, 11) is 0. The van der Waals surface area contributed by atoms with Crippen molar-refractivity contribution in [1.82, 2.24) is 10.3 Å². The van der Waals surface area contributed by atoms with Gasteiger partial charge in [0.15, 0.2) is 0 Å². The fraction of sp³-hybridized carbons (Fsp3) is 0.360. The third-order valence-corrected chi connectivity index (χ3v) is 6.82. The molecule has 1 amide bonds. The number of nitrogens with zero attached hydrogens (tertiary/aromatic N) is 1. The molecule has 0 fully saturated rings. The number of amides is 1. The number of carbonyl (C=O) groups excluding carboxylic acids is 1. The summed E-state index contributed by atoms with van der Waals surface area (Å²) in [6, 6.07) is 18.4. The van der Waals surface area contributed by atoms with Crippen molar-refractivity contribution in [2.24, 2.45) is 5.92 Å². The number of benzene rings is 2. The topological polar surface area (TPSA) is 51.2 Å². The van der Waals surface area contributed by atoms with Crippen molar-refractivity contribution < 1.29 is 9.53 Å². The number of aromatic nitrogens is 1. The van der Waals surface area contributed by atoms with Gasteiger partial charge in [0.05, 0.1) is 27.2 Å². The smallest absolute Gasteiger partial charge is 0.224 e. The first-order valence-electron chi connectivity index (χ1n) is 10.7. The van der Waals surface area contributed by atoms with E-state index in [-0.39, 0.29) is 23.8 Å². The molecular weight excluding hydrogens is 392 g/mol. The Labute approximate surface area is 182 Å². The van der Waals surface area contributed by atoms with E-state index in [2.05, 4.69) is 42.6 Å². The Morgan fingerprint density at radius 1 is 1.13 bits per heavy atom. The Morgan fingerprint density at radius 3 is 2.73 bits per heavy atom. The molecule has 3 atom stereocenters. The van der Waals surface area contributed by atoms with Gasteiger partial charge in [0.2, 0.25) is 5.91 Å². The van der Waals surface area contributed by atoms with Gasteiger partial charge in [-0.3, -0.25) is 4.79 Å². The molecule has 1 aliphatic carbocycles. The van der Waals surface area contributed by atoms with E-state index in [0.29, 0.717) is 13.2 Å². The highest BCUT2D eigenvalue weighted by atomic mass is 32.1. The zero-order valence-electron chi connectivity index (χ0n) is 17.3. The fourth-order valence-electron chi connectivity index (χ4n) is 3.92. The highest BCUT2D eigenvalue weighted by molar-refractivity contribution is 7.18. The molecule has 0 radical (unpaired) electrons. The van der Waals surface area contributed by atoms with Crippen molar-refractivity contribution in [2.45, 2.75) is 38.2 Å². The lowest BCUT2D eigenvalue weighted by molar-refractivity contribution is -0.125. The molecule has 0 unspecified atom stereocenters. The molecule has 1 aromatic heterocycles. The van der Waals surface area contributed by atoms with E-state index in [1.165, 1.54) is 10.3 Å². The van der Waals surface area contributed by atoms with Gasteiger partial charge in [0.25, 0.3) is 0 Å². The molecule has 0 bridgehead atoms. The molecule has 1 aliphatic rings. The molecule has 1 N–H and O–H groups in total. The van der Waals surface area contributed by atoms with E-state index in [1.54, 1.807) is 11.3 Å². The summed E-state index contributed by atoms with van der Waals surface area (Å²) in [5.74, 6) is 0.223. The van der Waals surface area contributed by atoms with Gasteiger partial charge in [0.1, 0.15) is 0 Å². The Balaban J connectivity index is 1.28. The summed E-state index contributed by atoms with van der Waals surface area (Å²) >= 11 is 1.71. The van der Waals surface area contributed by atoms with E-state index in [1.807, 2.05) is 36.4 Å². The monoisotopic (exact) mass is 420 g/mol. The number of thiazole rings is 1. The average Bonchev–Trinajstić information content (AvgIpc) is 3.23. The quantitative estimate of drug-likeness (QED) is 0.379. The van der Waals surface area contributed by atoms with E-state index in [4.69, 9.17) is 9.72 Å². The highest BCUT2D eigenvalue weighted by Crippen LogP contribution is 2.38. The van der Waals surface area contributed by atoms with Crippen LogP contribution in [0.25, 0.3) is 10.2 Å². The lowest BCUT2D eigenvalue weighted by Crippen LogP contribution is -2.35. The number of nitrogens with one attached hydrogen (secondary N) is 1. The van der Waals surface area contributed by atoms with Gasteiger partial charge in [-0.15, -0.1) is 11.3 Å². The maximum Gasteiger partial charge on any atom is 0.224 e. The van der Waals surface area contributed by atoms with Crippen LogP contribution >= 0.6 is 11.3 Å². The van der Waals surface area contributed by atoms with Gasteiger partial charge in [-0.1, -0.05) is 54.6 Å². The van der Waals surface area contributed by atoms with E-state index in [0.717, 1.165) is 29.8 Å². The molecule has 0 saturated carbocycles. The van der Waals surface area contributed by atoms with Crippen LogP contribution in [-0.4, -0.2) is 24.0 Å². The van der Waals surface area contributed by atoms with Gasteiger partial charge < -0.3 is 10.1 Å². The first-order chi connectivity index (χ1) is 14.7. The third-order valence-electron chi connectivity index (χ3n) is 5.65. The van der Waals surface area contributed by atoms with Crippen LogP contribution in [0.3, 0.4) is 0 Å². The minimum atomic E-state index is -0.0558. The summed E-state index contributed by atoms with van der Waals surface area (Å²) in [6.45, 7) is 3.32. The lowest BCUT2D eigenvalue weighted by Gasteiger charge is -2.26. The van der Waals surface area contributed by atoms with Crippen LogP contribution in [0.15, 0.2) is 66.7 Å². The number of para-hydroxylation sites is 1. The van der Waals surface area contributed by atoms with Crippen molar-refractivity contribution in [3.63, 3.8) is 0 Å². The van der Waals surface area contributed by atoms with E-state index < -0.39 is 0 Å². The van der Waals surface area contributed by atoms with E-state index >= 15 is 0 Å². The van der Waals surface area contributed by atoms with Crippen LogP contribution in [0.2, 0.25) is 0 Å². The lowest BCUT2D eigenvalue weighted by atomic mass is 9.82. The van der Waals surface area contributed by atoms with Crippen molar-refractivity contribution in [2.75, 3.05) is 13.2 Å². The molecular formula is C25H28N2O2S. The molecule has 5 heteroatoms. The molecule has 0 aliphatic heterocycles. The Morgan fingerprint density at radius 2 is 1.90 bits per heavy atom. The van der Waals surface area contributed by atoms with Crippen molar-refractivity contribution in [1.29, 1.82) is 0 Å². The Hall–Kier alpha value is -2.50. The second-order valence-corrected chi connectivity index (χ2v) is 8.81. The van der Waals surface area contributed by atoms with Crippen molar-refractivity contribution >= 4 is 27.5 Å². The van der Waals surface area contributed by atoms with Gasteiger partial charge in [-0.05, 0) is 43.9 Å². The second-order valence-electron chi connectivity index (χ2n) is 7.74. The average molecular weight is 421 g/mol. The molecule has 0 saturated heterocycles. The zero-order valence-corrected chi connectivity index (χ0v) is 18.1. The van der Waals surface area contributed by atoms with Gasteiger partial charge in [-0.2, -0.15) is 0 Å². The van der Waals surface area contributed by atoms with Gasteiger partial charge in [0, 0.05) is 19.1 Å². The van der Waals surface area contributed by atoms with Crippen LogP contribution in [0.1, 0.15) is 48.8 Å². The number of carbonyl (C=O) groups is 1. The Kier molecular flexibility index (Phi) is 6.92. The highest BCUT2D eigenvalue weighted by Gasteiger charge is 2.32. The minimum Gasteiger partial charge on any atom is -0.374 e. The maximum atomic E-state index is 12.9. The Bertz CT molecular complexity index is 966. The number of hydrogen-bond donors (Lipinski definition) is 1. The normalized spacial score (nSPS) is 19.6. The van der Waals surface area contributed by atoms with Crippen LogP contribution in [0.4, 0.5) is 0 Å². The summed E-state index contributed by atoms with van der Waals surface area (Å²) in [4.78, 5) is 17.7. The first-order valence-corrected chi connectivity index (χ1v) is 11.5. The standard InChI is InChI=1S/C25H28N2O2S/c1-18(19-10-3-2-4-11-19)29-17-9-16-26-24(28)20-12-5-6-13-21(20)25-27-22-14-7-8-15-23(22)30-25/h2-8,10-11,14-15,18,20-21H,9,12-13,16-17H2,1H3,(H,26,28)/t18-,20-,21-/m0/s1. The molecule has 4 rings (SSSR count). The molecule has 3 aromatic rings. The molecule has 4 nitrogen and oxygen atoms in total. The van der Waals surface area contributed by atoms with Crippen LogP contribution in [0, 0.1) is 5.92 Å². The summed E-state index contributed by atoms with van der Waals surface area (Å²) in [6.07, 6.45) is 6.81. The number of ether oxygens (including phenoxy) is 1. The predicted molar refractivity (Wildman–Crippen MR) is 123 cm³/mol. The number of fused-ring (bicyclic) bond motifs is 1. The van der Waals surface area contributed by atoms with Crippen LogP contribution < -0.4 is 5.32 Å². The van der Waals surface area contributed by atoms with E-state index in [9.17, 15) is 4.79 Å². The zero-order chi connectivity index (χ0) is 20.8. The first kappa shape index (κ1) is 20.8. The van der Waals surface area contributed by atoms with Crippen molar-refractivity contribution in [3.05, 3.63) is 77.3 Å². The SMILES string of the molecule is C[C@H](OCCCNC(=O)[C@H]1CC=CC[C@@H]1c1nc2ccccc2s1)c1ccccc1. The largest absolute Gasteiger partial charge is 0.374 e. The molecule has 2 aromatic carbocycles. The predicted octanol–water partition coefficient (Wildman–Crippen LogP) is 5.63. The molecule has 30 heavy (non-hydrogen) atoms. The number of hydrogen-bond acceptors (Lipinski definition) is 4. The molecule has 156 valence electrons. The van der Waals surface area contributed by atoms with Crippen LogP contribution in [-0.2, 0) is 9.53 Å². The van der Waals surface area contributed by atoms with Gasteiger partial charge >= 0.3 is 0 Å². The minimum absolute atomic E-state index is 0.0558. The molecule has 1 heterocycles. The summed E-state index contributed by atoms with van der Waals surface area (Å²) < 4.78 is 7.09. The molecule has 0 spiro atoms. The van der Waals surface area contributed by atoms with Gasteiger partial charge in [-0.25, -0.2) is 4.98 Å². The number of rotatable bonds is 8. The maximum absolute atomic E-state index is 12.9. The second kappa shape index (κ2) is 10.0. The summed E-state index contributed by atoms with van der Waals surface area (Å²) in [5, 5.41) is 4.19. The number of allylic oxidation sites excluding steroid dienone is 2.